The van der Waals surface area contributed by atoms with Crippen molar-refractivity contribution in [2.45, 2.75) is 44.3 Å². The molecule has 0 radical (unpaired) electrons. The highest BCUT2D eigenvalue weighted by Crippen LogP contribution is 2.13. The van der Waals surface area contributed by atoms with Gasteiger partial charge in [-0.2, -0.15) is 11.8 Å². The summed E-state index contributed by atoms with van der Waals surface area (Å²) < 4.78 is 4.99. The SMILES string of the molecule is CSCC[C@@H](NC(=O)[C@@H](N)Cc1ccc(OC(C)=O)cc1)C(=O)NCC(=O)N[C@@H](Cc1ccccc1)C(N)=O. The van der Waals surface area contributed by atoms with Gasteiger partial charge in [0.1, 0.15) is 17.8 Å². The zero-order valence-electron chi connectivity index (χ0n) is 22.0. The monoisotopic (exact) mass is 557 g/mol. The van der Waals surface area contributed by atoms with E-state index in [1.807, 2.05) is 36.6 Å². The molecule has 11 nitrogen and oxygen atoms in total. The topological polar surface area (TPSA) is 183 Å². The molecule has 39 heavy (non-hydrogen) atoms. The number of hydrogen-bond donors (Lipinski definition) is 5. The molecule has 0 saturated carbocycles. The first-order valence-electron chi connectivity index (χ1n) is 12.3. The molecule has 7 N–H and O–H groups in total. The number of primary amides is 1. The van der Waals surface area contributed by atoms with E-state index < -0.39 is 54.3 Å². The molecule has 2 rings (SSSR count). The highest BCUT2D eigenvalue weighted by molar-refractivity contribution is 7.98. The van der Waals surface area contributed by atoms with Gasteiger partial charge in [-0.25, -0.2) is 0 Å². The Bertz CT molecular complexity index is 1130. The molecular weight excluding hydrogens is 522 g/mol. The van der Waals surface area contributed by atoms with Crippen molar-refractivity contribution in [1.82, 2.24) is 16.0 Å². The minimum atomic E-state index is -0.940. The van der Waals surface area contributed by atoms with Crippen molar-refractivity contribution >= 4 is 41.4 Å². The number of hydrogen-bond acceptors (Lipinski definition) is 8. The minimum Gasteiger partial charge on any atom is -0.427 e. The highest BCUT2D eigenvalue weighted by atomic mass is 32.2. The van der Waals surface area contributed by atoms with E-state index in [4.69, 9.17) is 16.2 Å². The smallest absolute Gasteiger partial charge is 0.308 e. The molecule has 0 unspecified atom stereocenters. The van der Waals surface area contributed by atoms with Gasteiger partial charge in [-0.05, 0) is 48.1 Å². The van der Waals surface area contributed by atoms with Crippen LogP contribution in [0, 0.1) is 0 Å². The van der Waals surface area contributed by atoms with Gasteiger partial charge in [0.05, 0.1) is 12.6 Å². The van der Waals surface area contributed by atoms with Gasteiger partial charge >= 0.3 is 5.97 Å². The number of ether oxygens (including phenoxy) is 1. The molecule has 0 aliphatic carbocycles. The normalized spacial score (nSPS) is 12.9. The summed E-state index contributed by atoms with van der Waals surface area (Å²) in [6.07, 6.45) is 2.60. The van der Waals surface area contributed by atoms with Crippen molar-refractivity contribution in [1.29, 1.82) is 0 Å². The first-order chi connectivity index (χ1) is 18.6. The molecular formula is C27H35N5O6S. The zero-order chi connectivity index (χ0) is 28.8. The fourth-order valence-corrected chi connectivity index (χ4v) is 4.07. The molecule has 0 saturated heterocycles. The van der Waals surface area contributed by atoms with E-state index >= 15 is 0 Å². The average molecular weight is 558 g/mol. The number of nitrogens with one attached hydrogen (secondary N) is 3. The Hall–Kier alpha value is -3.90. The fraction of sp³-hybridized carbons (Fsp3) is 0.370. The van der Waals surface area contributed by atoms with Crippen LogP contribution >= 0.6 is 11.8 Å². The van der Waals surface area contributed by atoms with E-state index in [2.05, 4.69) is 16.0 Å². The number of esters is 1. The largest absolute Gasteiger partial charge is 0.427 e. The molecule has 2 aromatic carbocycles. The van der Waals surface area contributed by atoms with E-state index in [1.54, 1.807) is 24.3 Å². The second-order valence-electron chi connectivity index (χ2n) is 8.82. The van der Waals surface area contributed by atoms with Crippen molar-refractivity contribution in [3.05, 3.63) is 65.7 Å². The van der Waals surface area contributed by atoms with Gasteiger partial charge in [-0.1, -0.05) is 42.5 Å². The summed E-state index contributed by atoms with van der Waals surface area (Å²) in [5.41, 5.74) is 13.1. The number of amides is 4. The van der Waals surface area contributed by atoms with E-state index in [1.165, 1.54) is 18.7 Å². The second-order valence-corrected chi connectivity index (χ2v) is 9.81. The van der Waals surface area contributed by atoms with Crippen LogP contribution in [-0.4, -0.2) is 66.3 Å². The van der Waals surface area contributed by atoms with Gasteiger partial charge in [0.2, 0.25) is 23.6 Å². The lowest BCUT2D eigenvalue weighted by Crippen LogP contribution is -2.54. The Kier molecular flexibility index (Phi) is 13.0. The number of benzene rings is 2. The molecule has 0 aliphatic heterocycles. The Morgan fingerprint density at radius 2 is 1.51 bits per heavy atom. The van der Waals surface area contributed by atoms with Crippen molar-refractivity contribution in [3.63, 3.8) is 0 Å². The molecule has 0 spiro atoms. The lowest BCUT2D eigenvalue weighted by Gasteiger charge is -2.21. The van der Waals surface area contributed by atoms with E-state index in [0.29, 0.717) is 17.9 Å². The number of carbonyl (C=O) groups is 5. The lowest BCUT2D eigenvalue weighted by atomic mass is 10.0. The maximum Gasteiger partial charge on any atom is 0.308 e. The number of thioether (sulfide) groups is 1. The first-order valence-corrected chi connectivity index (χ1v) is 13.7. The molecule has 0 aromatic heterocycles. The van der Waals surface area contributed by atoms with Gasteiger partial charge in [-0.15, -0.1) is 0 Å². The third-order valence-corrected chi connectivity index (χ3v) is 6.25. The third kappa shape index (κ3) is 11.6. The van der Waals surface area contributed by atoms with Crippen molar-refractivity contribution in [2.75, 3.05) is 18.6 Å². The summed E-state index contributed by atoms with van der Waals surface area (Å²) in [7, 11) is 0. The van der Waals surface area contributed by atoms with Crippen LogP contribution in [0.1, 0.15) is 24.5 Å². The number of rotatable bonds is 15. The Morgan fingerprint density at radius 3 is 2.10 bits per heavy atom. The molecule has 210 valence electrons. The minimum absolute atomic E-state index is 0.196. The predicted molar refractivity (Wildman–Crippen MR) is 149 cm³/mol. The average Bonchev–Trinajstić information content (AvgIpc) is 2.90. The van der Waals surface area contributed by atoms with Crippen LogP contribution in [0.5, 0.6) is 5.75 Å². The molecule has 4 amide bonds. The quantitative estimate of drug-likeness (QED) is 0.150. The van der Waals surface area contributed by atoms with Crippen molar-refractivity contribution in [3.8, 4) is 5.75 Å². The number of nitrogens with two attached hydrogens (primary N) is 2. The molecule has 0 heterocycles. The molecule has 0 fully saturated rings. The Labute approximate surface area is 231 Å². The maximum absolute atomic E-state index is 12.8. The number of carbonyl (C=O) groups excluding carboxylic acids is 5. The summed E-state index contributed by atoms with van der Waals surface area (Å²) in [5.74, 6) is -1.84. The van der Waals surface area contributed by atoms with Gasteiger partial charge in [0.15, 0.2) is 0 Å². The summed E-state index contributed by atoms with van der Waals surface area (Å²) in [6, 6.07) is 12.9. The van der Waals surface area contributed by atoms with Crippen LogP contribution < -0.4 is 32.2 Å². The molecule has 2 aromatic rings. The highest BCUT2D eigenvalue weighted by Gasteiger charge is 2.25. The molecule has 12 heteroatoms. The summed E-state index contributed by atoms with van der Waals surface area (Å²) in [6.45, 7) is 0.901. The van der Waals surface area contributed by atoms with Gasteiger partial charge in [-0.3, -0.25) is 24.0 Å². The van der Waals surface area contributed by atoms with Crippen LogP contribution in [-0.2, 0) is 36.8 Å². The first kappa shape index (κ1) is 31.3. The maximum atomic E-state index is 12.8. The van der Waals surface area contributed by atoms with Gasteiger partial charge in [0.25, 0.3) is 0 Å². The third-order valence-electron chi connectivity index (χ3n) is 5.61. The Balaban J connectivity index is 1.91. The molecule has 0 bridgehead atoms. The Morgan fingerprint density at radius 1 is 0.872 bits per heavy atom. The van der Waals surface area contributed by atoms with Gasteiger partial charge in [0, 0.05) is 13.3 Å². The zero-order valence-corrected chi connectivity index (χ0v) is 22.8. The molecule has 3 atom stereocenters. The summed E-state index contributed by atoms with van der Waals surface area (Å²) >= 11 is 1.50. The van der Waals surface area contributed by atoms with E-state index in [9.17, 15) is 24.0 Å². The van der Waals surface area contributed by atoms with Crippen LogP contribution in [0.25, 0.3) is 0 Å². The van der Waals surface area contributed by atoms with E-state index in [-0.39, 0.29) is 12.8 Å². The van der Waals surface area contributed by atoms with Crippen molar-refractivity contribution < 1.29 is 28.7 Å². The standard InChI is InChI=1S/C27H35N5O6S/c1-17(33)38-20-10-8-19(9-11-20)14-21(28)26(36)32-22(12-13-39-2)27(37)30-16-24(34)31-23(25(29)35)15-18-6-4-3-5-7-18/h3-11,21-23H,12-16,28H2,1-2H3,(H2,29,35)(H,30,37)(H,31,34)(H,32,36)/t21-,22+,23-/m0/s1. The fourth-order valence-electron chi connectivity index (χ4n) is 3.60. The second kappa shape index (κ2) is 16.1. The lowest BCUT2D eigenvalue weighted by molar-refractivity contribution is -0.132. The predicted octanol–water partition coefficient (Wildman–Crippen LogP) is 0.0486. The van der Waals surface area contributed by atoms with Crippen LogP contribution in [0.4, 0.5) is 0 Å². The van der Waals surface area contributed by atoms with E-state index in [0.717, 1.165) is 11.1 Å². The van der Waals surface area contributed by atoms with Crippen LogP contribution in [0.2, 0.25) is 0 Å². The summed E-state index contributed by atoms with van der Waals surface area (Å²) in [5, 5.41) is 7.70. The van der Waals surface area contributed by atoms with Crippen LogP contribution in [0.15, 0.2) is 54.6 Å². The van der Waals surface area contributed by atoms with Gasteiger partial charge < -0.3 is 32.2 Å². The van der Waals surface area contributed by atoms with Crippen molar-refractivity contribution in [2.24, 2.45) is 11.5 Å². The summed E-state index contributed by atoms with van der Waals surface area (Å²) in [4.78, 5) is 60.9. The molecule has 0 aliphatic rings. The van der Waals surface area contributed by atoms with Crippen LogP contribution in [0.3, 0.4) is 0 Å².